The maximum absolute atomic E-state index is 12.7. The lowest BCUT2D eigenvalue weighted by Gasteiger charge is -2.23. The van der Waals surface area contributed by atoms with E-state index in [4.69, 9.17) is 0 Å². The van der Waals surface area contributed by atoms with E-state index in [0.717, 1.165) is 17.4 Å². The van der Waals surface area contributed by atoms with Gasteiger partial charge in [0, 0.05) is 12.5 Å². The molecule has 1 aromatic carbocycles. The SMILES string of the molecule is O=CC1CC=CCC1C(=O)NCc1cccc(CN2C(=O)C3CC=CCC3C2=O)c1. The summed E-state index contributed by atoms with van der Waals surface area (Å²) in [6, 6.07) is 7.58. The number of likely N-dealkylation sites (tertiary alicyclic amines) is 1. The summed E-state index contributed by atoms with van der Waals surface area (Å²) in [5, 5.41) is 2.92. The van der Waals surface area contributed by atoms with E-state index >= 15 is 0 Å². The predicted octanol–water partition coefficient (Wildman–Crippen LogP) is 2.54. The third-order valence-corrected chi connectivity index (χ3v) is 6.39. The van der Waals surface area contributed by atoms with Crippen LogP contribution in [0.3, 0.4) is 0 Å². The molecule has 0 spiro atoms. The minimum atomic E-state index is -0.326. The van der Waals surface area contributed by atoms with Crippen molar-refractivity contribution in [3.8, 4) is 0 Å². The number of imide groups is 1. The van der Waals surface area contributed by atoms with E-state index in [1.807, 2.05) is 48.6 Å². The van der Waals surface area contributed by atoms with Crippen molar-refractivity contribution in [1.82, 2.24) is 10.2 Å². The lowest BCUT2D eigenvalue weighted by Crippen LogP contribution is -2.36. The van der Waals surface area contributed by atoms with Crippen molar-refractivity contribution in [2.45, 2.75) is 38.8 Å². The molecule has 6 heteroatoms. The molecule has 30 heavy (non-hydrogen) atoms. The third kappa shape index (κ3) is 3.99. The molecule has 1 aromatic rings. The number of nitrogens with one attached hydrogen (secondary N) is 1. The smallest absolute Gasteiger partial charge is 0.233 e. The molecule has 3 amide bonds. The Kier molecular flexibility index (Phi) is 5.93. The molecule has 0 saturated carbocycles. The molecule has 4 unspecified atom stereocenters. The van der Waals surface area contributed by atoms with Gasteiger partial charge >= 0.3 is 0 Å². The normalized spacial score (nSPS) is 27.8. The molecule has 4 atom stereocenters. The van der Waals surface area contributed by atoms with E-state index in [-0.39, 0.29) is 47.9 Å². The number of fused-ring (bicyclic) bond motifs is 1. The van der Waals surface area contributed by atoms with Crippen LogP contribution in [-0.4, -0.2) is 28.9 Å². The van der Waals surface area contributed by atoms with Gasteiger partial charge in [-0.1, -0.05) is 48.6 Å². The predicted molar refractivity (Wildman–Crippen MR) is 111 cm³/mol. The van der Waals surface area contributed by atoms with Crippen molar-refractivity contribution in [1.29, 1.82) is 0 Å². The molecular weight excluding hydrogens is 380 g/mol. The van der Waals surface area contributed by atoms with Gasteiger partial charge in [0.2, 0.25) is 17.7 Å². The average Bonchev–Trinajstić information content (AvgIpc) is 3.03. The van der Waals surface area contributed by atoms with E-state index in [1.54, 1.807) is 0 Å². The quantitative estimate of drug-likeness (QED) is 0.447. The van der Waals surface area contributed by atoms with Crippen LogP contribution >= 0.6 is 0 Å². The van der Waals surface area contributed by atoms with Crippen LogP contribution in [0.2, 0.25) is 0 Å². The van der Waals surface area contributed by atoms with Crippen molar-refractivity contribution in [3.63, 3.8) is 0 Å². The number of carbonyl (C=O) groups excluding carboxylic acids is 4. The zero-order chi connectivity index (χ0) is 21.1. The van der Waals surface area contributed by atoms with Gasteiger partial charge in [0.15, 0.2) is 0 Å². The maximum Gasteiger partial charge on any atom is 0.233 e. The summed E-state index contributed by atoms with van der Waals surface area (Å²) in [5.41, 5.74) is 1.76. The van der Waals surface area contributed by atoms with E-state index in [1.165, 1.54) is 4.90 Å². The molecule has 1 aliphatic heterocycles. The van der Waals surface area contributed by atoms with Gasteiger partial charge in [0.05, 0.1) is 24.3 Å². The minimum absolute atomic E-state index is 0.0849. The monoisotopic (exact) mass is 406 g/mol. The lowest BCUT2D eigenvalue weighted by atomic mass is 9.83. The summed E-state index contributed by atoms with van der Waals surface area (Å²) in [6.07, 6.45) is 11.2. The number of allylic oxidation sites excluding steroid dienone is 4. The highest BCUT2D eigenvalue weighted by Gasteiger charge is 2.46. The maximum atomic E-state index is 12.7. The van der Waals surface area contributed by atoms with Crippen LogP contribution < -0.4 is 5.32 Å². The summed E-state index contributed by atoms with van der Waals surface area (Å²) in [4.78, 5) is 50.5. The number of hydrogen-bond acceptors (Lipinski definition) is 4. The van der Waals surface area contributed by atoms with Gasteiger partial charge in [-0.15, -0.1) is 0 Å². The Hall–Kier alpha value is -3.02. The fourth-order valence-corrected chi connectivity index (χ4v) is 4.65. The van der Waals surface area contributed by atoms with Crippen molar-refractivity contribution < 1.29 is 19.2 Å². The molecule has 2 aliphatic carbocycles. The molecule has 1 fully saturated rings. The topological polar surface area (TPSA) is 83.6 Å². The van der Waals surface area contributed by atoms with Crippen LogP contribution in [0.4, 0.5) is 0 Å². The van der Waals surface area contributed by atoms with Crippen LogP contribution in [0, 0.1) is 23.7 Å². The second kappa shape index (κ2) is 8.78. The summed E-state index contributed by atoms with van der Waals surface area (Å²) in [7, 11) is 0. The number of aldehydes is 1. The highest BCUT2D eigenvalue weighted by molar-refractivity contribution is 6.05. The fraction of sp³-hybridized carbons (Fsp3) is 0.417. The number of amides is 3. The molecule has 0 radical (unpaired) electrons. The standard InChI is InChI=1S/C24H26N2O4/c27-15-18-8-1-2-9-19(18)22(28)25-13-16-6-5-7-17(12-16)14-26-23(29)20-10-3-4-11-21(20)24(26)30/h1-7,12,15,18-21H,8-11,13-14H2,(H,25,28). The van der Waals surface area contributed by atoms with Crippen LogP contribution in [0.25, 0.3) is 0 Å². The van der Waals surface area contributed by atoms with Crippen LogP contribution in [0.5, 0.6) is 0 Å². The number of carbonyl (C=O) groups is 4. The largest absolute Gasteiger partial charge is 0.352 e. The first-order valence-corrected chi connectivity index (χ1v) is 10.5. The van der Waals surface area contributed by atoms with Gasteiger partial charge in [0.25, 0.3) is 0 Å². The van der Waals surface area contributed by atoms with Gasteiger partial charge in [-0.05, 0) is 36.8 Å². The molecular formula is C24H26N2O4. The van der Waals surface area contributed by atoms with E-state index in [9.17, 15) is 19.2 Å². The Morgan fingerprint density at radius 3 is 2.30 bits per heavy atom. The van der Waals surface area contributed by atoms with Crippen LogP contribution in [0.15, 0.2) is 48.6 Å². The van der Waals surface area contributed by atoms with Crippen LogP contribution in [-0.2, 0) is 32.3 Å². The Morgan fingerprint density at radius 2 is 1.60 bits per heavy atom. The Balaban J connectivity index is 1.38. The Labute approximate surface area is 176 Å². The van der Waals surface area contributed by atoms with Gasteiger partial charge in [-0.3, -0.25) is 19.3 Å². The average molecular weight is 406 g/mol. The summed E-state index contributed by atoms with van der Waals surface area (Å²) in [6.45, 7) is 0.600. The lowest BCUT2D eigenvalue weighted by molar-refractivity contribution is -0.140. The van der Waals surface area contributed by atoms with E-state index in [0.29, 0.717) is 32.2 Å². The summed E-state index contributed by atoms with van der Waals surface area (Å²) in [5.74, 6) is -1.33. The molecule has 0 bridgehead atoms. The van der Waals surface area contributed by atoms with Gasteiger partial charge < -0.3 is 10.1 Å². The van der Waals surface area contributed by atoms with Crippen molar-refractivity contribution in [3.05, 3.63) is 59.7 Å². The molecule has 1 N–H and O–H groups in total. The van der Waals surface area contributed by atoms with Crippen molar-refractivity contribution in [2.24, 2.45) is 23.7 Å². The molecule has 1 heterocycles. The summed E-state index contributed by atoms with van der Waals surface area (Å²) < 4.78 is 0. The van der Waals surface area contributed by atoms with Gasteiger partial charge in [-0.2, -0.15) is 0 Å². The van der Waals surface area contributed by atoms with E-state index < -0.39 is 0 Å². The first kappa shape index (κ1) is 20.3. The number of hydrogen-bond donors (Lipinski definition) is 1. The van der Waals surface area contributed by atoms with Crippen LogP contribution in [0.1, 0.15) is 36.8 Å². The molecule has 3 aliphatic rings. The van der Waals surface area contributed by atoms with Crippen molar-refractivity contribution >= 4 is 24.0 Å². The van der Waals surface area contributed by atoms with Crippen molar-refractivity contribution in [2.75, 3.05) is 0 Å². The molecule has 6 nitrogen and oxygen atoms in total. The number of rotatable bonds is 6. The van der Waals surface area contributed by atoms with E-state index in [2.05, 4.69) is 5.32 Å². The Bertz CT molecular complexity index is 894. The number of benzene rings is 1. The zero-order valence-electron chi connectivity index (χ0n) is 16.8. The first-order chi connectivity index (χ1) is 14.6. The second-order valence-electron chi connectivity index (χ2n) is 8.31. The highest BCUT2D eigenvalue weighted by atomic mass is 16.2. The van der Waals surface area contributed by atoms with Gasteiger partial charge in [0.1, 0.15) is 6.29 Å². The van der Waals surface area contributed by atoms with Gasteiger partial charge in [-0.25, -0.2) is 0 Å². The molecule has 0 aromatic heterocycles. The summed E-state index contributed by atoms with van der Waals surface area (Å²) >= 11 is 0. The Morgan fingerprint density at radius 1 is 0.967 bits per heavy atom. The second-order valence-corrected chi connectivity index (χ2v) is 8.31. The fourth-order valence-electron chi connectivity index (χ4n) is 4.65. The molecule has 1 saturated heterocycles. The highest BCUT2D eigenvalue weighted by Crippen LogP contribution is 2.35. The number of nitrogens with zero attached hydrogens (tertiary/aromatic N) is 1. The molecule has 156 valence electrons. The molecule has 4 rings (SSSR count). The third-order valence-electron chi connectivity index (χ3n) is 6.39. The first-order valence-electron chi connectivity index (χ1n) is 10.5. The minimum Gasteiger partial charge on any atom is -0.352 e. The zero-order valence-corrected chi connectivity index (χ0v) is 16.8.